The minimum Gasteiger partial charge on any atom is -0.464 e. The zero-order chi connectivity index (χ0) is 14.8. The number of nitrogens with zero attached hydrogens (tertiary/aromatic N) is 4. The van der Waals surface area contributed by atoms with Gasteiger partial charge in [-0.2, -0.15) is 5.10 Å². The molecular weight excluding hydrogens is 270 g/mol. The van der Waals surface area contributed by atoms with Crippen molar-refractivity contribution in [1.82, 2.24) is 24.7 Å². The minimum atomic E-state index is -0.475. The first-order valence-electron chi connectivity index (χ1n) is 6.70. The number of H-pyrrole nitrogens is 1. The number of nitrogens with one attached hydrogen (secondary N) is 1. The van der Waals surface area contributed by atoms with Gasteiger partial charge in [0.25, 0.3) is 0 Å². The van der Waals surface area contributed by atoms with Crippen molar-refractivity contribution in [2.45, 2.75) is 19.9 Å². The maximum atomic E-state index is 11.5. The number of hydrogen-bond acceptors (Lipinski definition) is 5. The zero-order valence-corrected chi connectivity index (χ0v) is 11.8. The molecule has 0 aromatic carbocycles. The van der Waals surface area contributed by atoms with Crippen molar-refractivity contribution in [2.75, 3.05) is 7.11 Å². The summed E-state index contributed by atoms with van der Waals surface area (Å²) in [6.07, 6.45) is 2.73. The van der Waals surface area contributed by atoms with Gasteiger partial charge >= 0.3 is 5.97 Å². The monoisotopic (exact) mass is 285 g/mol. The molecule has 0 radical (unpaired) electrons. The third-order valence-electron chi connectivity index (χ3n) is 3.13. The van der Waals surface area contributed by atoms with Gasteiger partial charge < -0.3 is 9.72 Å². The lowest BCUT2D eigenvalue weighted by Gasteiger charge is -2.02. The third kappa shape index (κ3) is 2.37. The number of aryl methyl sites for hydroxylation is 1. The van der Waals surface area contributed by atoms with Gasteiger partial charge in [-0.05, 0) is 24.6 Å². The van der Waals surface area contributed by atoms with Gasteiger partial charge in [-0.15, -0.1) is 0 Å². The van der Waals surface area contributed by atoms with Crippen LogP contribution in [0.2, 0.25) is 0 Å². The van der Waals surface area contributed by atoms with Crippen LogP contribution in [0.5, 0.6) is 0 Å². The van der Waals surface area contributed by atoms with Crippen LogP contribution in [0.15, 0.2) is 24.4 Å². The lowest BCUT2D eigenvalue weighted by atomic mass is 10.3. The predicted octanol–water partition coefficient (Wildman–Crippen LogP) is 2.02. The molecule has 0 saturated carbocycles. The van der Waals surface area contributed by atoms with Gasteiger partial charge in [-0.25, -0.2) is 14.8 Å². The van der Waals surface area contributed by atoms with E-state index in [1.807, 2.05) is 10.7 Å². The lowest BCUT2D eigenvalue weighted by Crippen LogP contribution is -2.03. The first kappa shape index (κ1) is 13.3. The SMILES string of the molecule is CCCn1nccc1-c1nc2nc(C(=O)OC)ccc2[nH]1. The molecular formula is C14H15N5O2. The molecule has 3 aromatic rings. The number of hydrogen-bond donors (Lipinski definition) is 1. The van der Waals surface area contributed by atoms with Gasteiger partial charge in [-0.3, -0.25) is 4.68 Å². The molecule has 3 aromatic heterocycles. The maximum Gasteiger partial charge on any atom is 0.356 e. The average molecular weight is 285 g/mol. The second kappa shape index (κ2) is 5.35. The van der Waals surface area contributed by atoms with Crippen LogP contribution in [0.1, 0.15) is 23.8 Å². The van der Waals surface area contributed by atoms with Crippen LogP contribution < -0.4 is 0 Å². The molecule has 0 saturated heterocycles. The van der Waals surface area contributed by atoms with E-state index in [0.717, 1.165) is 24.2 Å². The van der Waals surface area contributed by atoms with Crippen molar-refractivity contribution in [2.24, 2.45) is 0 Å². The van der Waals surface area contributed by atoms with Gasteiger partial charge in [0, 0.05) is 12.7 Å². The largest absolute Gasteiger partial charge is 0.464 e. The Morgan fingerprint density at radius 3 is 2.95 bits per heavy atom. The second-order valence-electron chi connectivity index (χ2n) is 4.58. The van der Waals surface area contributed by atoms with Gasteiger partial charge in [0.15, 0.2) is 17.2 Å². The van der Waals surface area contributed by atoms with E-state index in [1.54, 1.807) is 18.3 Å². The third-order valence-corrected chi connectivity index (χ3v) is 3.13. The van der Waals surface area contributed by atoms with Gasteiger partial charge in [0.05, 0.1) is 12.6 Å². The molecule has 3 heterocycles. The summed E-state index contributed by atoms with van der Waals surface area (Å²) < 4.78 is 6.55. The number of aromatic amines is 1. The van der Waals surface area contributed by atoms with Gasteiger partial charge in [0.2, 0.25) is 0 Å². The highest BCUT2D eigenvalue weighted by Crippen LogP contribution is 2.19. The molecule has 0 fully saturated rings. The number of rotatable bonds is 4. The normalized spacial score (nSPS) is 11.0. The molecule has 3 rings (SSSR count). The standard InChI is InChI=1S/C14H15N5O2/c1-3-8-19-11(6-7-15-19)13-16-9-4-5-10(14(20)21-2)17-12(9)18-13/h4-7H,3,8H2,1-2H3,(H,16,17,18). The molecule has 0 spiro atoms. The van der Waals surface area contributed by atoms with Crippen LogP contribution in [-0.2, 0) is 11.3 Å². The average Bonchev–Trinajstić information content (AvgIpc) is 3.11. The lowest BCUT2D eigenvalue weighted by molar-refractivity contribution is 0.0594. The first-order chi connectivity index (χ1) is 10.2. The highest BCUT2D eigenvalue weighted by molar-refractivity contribution is 5.89. The topological polar surface area (TPSA) is 85.7 Å². The van der Waals surface area contributed by atoms with Crippen LogP contribution in [0, 0.1) is 0 Å². The van der Waals surface area contributed by atoms with E-state index in [1.165, 1.54) is 7.11 Å². The summed E-state index contributed by atoms with van der Waals surface area (Å²) >= 11 is 0. The molecule has 108 valence electrons. The Morgan fingerprint density at radius 2 is 2.19 bits per heavy atom. The molecule has 0 amide bonds. The van der Waals surface area contributed by atoms with E-state index in [4.69, 9.17) is 0 Å². The molecule has 21 heavy (non-hydrogen) atoms. The van der Waals surface area contributed by atoms with E-state index >= 15 is 0 Å². The highest BCUT2D eigenvalue weighted by atomic mass is 16.5. The molecule has 7 heteroatoms. The molecule has 0 unspecified atom stereocenters. The molecule has 0 aliphatic heterocycles. The number of carbonyl (C=O) groups excluding carboxylic acids is 1. The number of fused-ring (bicyclic) bond motifs is 1. The highest BCUT2D eigenvalue weighted by Gasteiger charge is 2.13. The minimum absolute atomic E-state index is 0.241. The fourth-order valence-corrected chi connectivity index (χ4v) is 2.16. The number of ether oxygens (including phenoxy) is 1. The molecule has 1 N–H and O–H groups in total. The summed E-state index contributed by atoms with van der Waals surface area (Å²) in [6, 6.07) is 5.28. The Bertz CT molecular complexity index is 790. The van der Waals surface area contributed by atoms with E-state index in [-0.39, 0.29) is 5.69 Å². The molecule has 0 aliphatic carbocycles. The maximum absolute atomic E-state index is 11.5. The number of imidazole rings is 1. The van der Waals surface area contributed by atoms with Gasteiger partial charge in [-0.1, -0.05) is 6.92 Å². The fourth-order valence-electron chi connectivity index (χ4n) is 2.16. The van der Waals surface area contributed by atoms with Crippen LogP contribution >= 0.6 is 0 Å². The second-order valence-corrected chi connectivity index (χ2v) is 4.58. The van der Waals surface area contributed by atoms with Crippen LogP contribution in [-0.4, -0.2) is 37.8 Å². The molecule has 0 aliphatic rings. The smallest absolute Gasteiger partial charge is 0.356 e. The number of esters is 1. The van der Waals surface area contributed by atoms with Crippen molar-refractivity contribution < 1.29 is 9.53 Å². The predicted molar refractivity (Wildman–Crippen MR) is 76.7 cm³/mol. The number of carbonyl (C=O) groups is 1. The summed E-state index contributed by atoms with van der Waals surface area (Å²) in [4.78, 5) is 23.3. The molecule has 0 bridgehead atoms. The summed E-state index contributed by atoms with van der Waals surface area (Å²) in [5, 5.41) is 4.27. The Balaban J connectivity index is 2.04. The Morgan fingerprint density at radius 1 is 1.33 bits per heavy atom. The van der Waals surface area contributed by atoms with Crippen molar-refractivity contribution >= 4 is 17.1 Å². The molecule has 7 nitrogen and oxygen atoms in total. The van der Waals surface area contributed by atoms with E-state index < -0.39 is 5.97 Å². The number of aromatic nitrogens is 5. The quantitative estimate of drug-likeness (QED) is 0.741. The fraction of sp³-hybridized carbons (Fsp3) is 0.286. The van der Waals surface area contributed by atoms with Crippen LogP contribution in [0.25, 0.3) is 22.7 Å². The van der Waals surface area contributed by atoms with Crippen molar-refractivity contribution in [3.05, 3.63) is 30.1 Å². The van der Waals surface area contributed by atoms with E-state index in [2.05, 4.69) is 31.7 Å². The number of methoxy groups -OCH3 is 1. The summed E-state index contributed by atoms with van der Waals surface area (Å²) in [5.41, 5.74) is 2.39. The summed E-state index contributed by atoms with van der Waals surface area (Å²) in [7, 11) is 1.33. The van der Waals surface area contributed by atoms with Crippen LogP contribution in [0.3, 0.4) is 0 Å². The van der Waals surface area contributed by atoms with Gasteiger partial charge in [0.1, 0.15) is 5.69 Å². The van der Waals surface area contributed by atoms with Crippen LogP contribution in [0.4, 0.5) is 0 Å². The zero-order valence-electron chi connectivity index (χ0n) is 11.8. The van der Waals surface area contributed by atoms with Crippen molar-refractivity contribution in [3.63, 3.8) is 0 Å². The Hall–Kier alpha value is -2.70. The van der Waals surface area contributed by atoms with E-state index in [0.29, 0.717) is 11.5 Å². The van der Waals surface area contributed by atoms with Crippen molar-refractivity contribution in [3.8, 4) is 11.5 Å². The number of pyridine rings is 1. The summed E-state index contributed by atoms with van der Waals surface area (Å²) in [6.45, 7) is 2.91. The Labute approximate surface area is 121 Å². The van der Waals surface area contributed by atoms with E-state index in [9.17, 15) is 4.79 Å². The Kier molecular flexibility index (Phi) is 3.39. The molecule has 0 atom stereocenters. The summed E-state index contributed by atoms with van der Waals surface area (Å²) in [5.74, 6) is 0.211. The first-order valence-corrected chi connectivity index (χ1v) is 6.70. The van der Waals surface area contributed by atoms with Crippen molar-refractivity contribution in [1.29, 1.82) is 0 Å².